The third-order valence-electron chi connectivity index (χ3n) is 3.61. The number of aryl methyl sites for hydroxylation is 2. The van der Waals surface area contributed by atoms with Crippen LogP contribution in [0.15, 0.2) is 24.3 Å². The molecule has 2 rings (SSSR count). The molecule has 0 bridgehead atoms. The van der Waals surface area contributed by atoms with E-state index in [1.54, 1.807) is 13.8 Å². The van der Waals surface area contributed by atoms with E-state index in [2.05, 4.69) is 15.6 Å². The molecule has 19 heavy (non-hydrogen) atoms. The van der Waals surface area contributed by atoms with Gasteiger partial charge in [-0.15, -0.1) is 0 Å². The molecule has 1 heterocycles. The number of carboxylic acids is 1. The minimum absolute atomic E-state index is 0.661. The number of imidazole rings is 1. The summed E-state index contributed by atoms with van der Waals surface area (Å²) < 4.78 is 2.16. The first kappa shape index (κ1) is 13.6. The number of rotatable bonds is 5. The second-order valence-electron chi connectivity index (χ2n) is 5.59. The zero-order valence-electron chi connectivity index (χ0n) is 11.7. The minimum atomic E-state index is -0.736. The van der Waals surface area contributed by atoms with Gasteiger partial charge in [-0.2, -0.15) is 0 Å². The van der Waals surface area contributed by atoms with E-state index in [9.17, 15) is 4.79 Å². The maximum atomic E-state index is 11.1. The largest absolute Gasteiger partial charge is 0.481 e. The Kier molecular flexibility index (Phi) is 3.60. The van der Waals surface area contributed by atoms with Crippen molar-refractivity contribution in [3.63, 3.8) is 0 Å². The number of fused-ring (bicyclic) bond motifs is 1. The van der Waals surface area contributed by atoms with Crippen molar-refractivity contribution in [2.24, 2.45) is 5.41 Å². The van der Waals surface area contributed by atoms with Gasteiger partial charge in [0.25, 0.3) is 0 Å². The summed E-state index contributed by atoms with van der Waals surface area (Å²) in [5.74, 6) is 0.244. The molecule has 0 aliphatic rings. The normalized spacial score (nSPS) is 11.9. The Morgan fingerprint density at radius 3 is 2.74 bits per heavy atom. The van der Waals surface area contributed by atoms with Crippen LogP contribution in [0.3, 0.4) is 0 Å². The second-order valence-corrected chi connectivity index (χ2v) is 5.59. The number of carbonyl (C=O) groups is 1. The zero-order chi connectivity index (χ0) is 14.0. The van der Waals surface area contributed by atoms with Crippen LogP contribution in [0.4, 0.5) is 0 Å². The lowest BCUT2D eigenvalue weighted by Crippen LogP contribution is -2.23. The molecule has 1 aromatic carbocycles. The first-order valence-corrected chi connectivity index (χ1v) is 6.57. The predicted octanol–water partition coefficient (Wildman–Crippen LogP) is 3.24. The molecule has 1 N–H and O–H groups in total. The van der Waals surface area contributed by atoms with Crippen LogP contribution in [0.5, 0.6) is 0 Å². The molecule has 0 atom stereocenters. The van der Waals surface area contributed by atoms with Crippen molar-refractivity contribution in [3.05, 3.63) is 30.1 Å². The average Bonchev–Trinajstić information content (AvgIpc) is 2.65. The van der Waals surface area contributed by atoms with Gasteiger partial charge in [0.15, 0.2) is 0 Å². The third kappa shape index (κ3) is 2.78. The Labute approximate surface area is 113 Å². The van der Waals surface area contributed by atoms with E-state index < -0.39 is 11.4 Å². The van der Waals surface area contributed by atoms with Gasteiger partial charge >= 0.3 is 5.97 Å². The van der Waals surface area contributed by atoms with Crippen LogP contribution in [-0.4, -0.2) is 20.6 Å². The van der Waals surface area contributed by atoms with Crippen molar-refractivity contribution in [3.8, 4) is 0 Å². The molecule has 0 unspecified atom stereocenters. The zero-order valence-corrected chi connectivity index (χ0v) is 11.7. The smallest absolute Gasteiger partial charge is 0.309 e. The average molecular weight is 260 g/mol. The van der Waals surface area contributed by atoms with Gasteiger partial charge in [-0.3, -0.25) is 4.79 Å². The van der Waals surface area contributed by atoms with E-state index in [1.807, 2.05) is 25.1 Å². The summed E-state index contributed by atoms with van der Waals surface area (Å²) in [6, 6.07) is 8.03. The van der Waals surface area contributed by atoms with Crippen LogP contribution < -0.4 is 0 Å². The summed E-state index contributed by atoms with van der Waals surface area (Å²) in [7, 11) is 0. The van der Waals surface area contributed by atoms with Crippen LogP contribution in [-0.2, 0) is 11.3 Å². The highest BCUT2D eigenvalue weighted by molar-refractivity contribution is 5.76. The lowest BCUT2D eigenvalue weighted by atomic mass is 9.88. The van der Waals surface area contributed by atoms with E-state index in [-0.39, 0.29) is 0 Å². The van der Waals surface area contributed by atoms with Gasteiger partial charge in [0.05, 0.1) is 16.4 Å². The molecule has 0 radical (unpaired) electrons. The molecular formula is C15H20N2O2. The van der Waals surface area contributed by atoms with E-state index in [0.29, 0.717) is 6.42 Å². The monoisotopic (exact) mass is 260 g/mol. The third-order valence-corrected chi connectivity index (χ3v) is 3.61. The van der Waals surface area contributed by atoms with E-state index >= 15 is 0 Å². The molecule has 102 valence electrons. The first-order chi connectivity index (χ1) is 8.92. The lowest BCUT2D eigenvalue weighted by Gasteiger charge is -2.19. The van der Waals surface area contributed by atoms with Crippen molar-refractivity contribution < 1.29 is 9.90 Å². The van der Waals surface area contributed by atoms with Gasteiger partial charge in [0.2, 0.25) is 0 Å². The fourth-order valence-corrected chi connectivity index (χ4v) is 2.26. The molecule has 0 fully saturated rings. The Bertz CT molecular complexity index is 599. The molecule has 0 spiro atoms. The van der Waals surface area contributed by atoms with E-state index in [0.717, 1.165) is 29.8 Å². The first-order valence-electron chi connectivity index (χ1n) is 6.57. The molecule has 0 aliphatic carbocycles. The van der Waals surface area contributed by atoms with Crippen LogP contribution in [0.2, 0.25) is 0 Å². The van der Waals surface area contributed by atoms with Gasteiger partial charge in [-0.05, 0) is 45.7 Å². The van der Waals surface area contributed by atoms with Crippen molar-refractivity contribution in [2.45, 2.75) is 40.2 Å². The number of aromatic nitrogens is 2. The molecule has 1 aromatic heterocycles. The lowest BCUT2D eigenvalue weighted by molar-refractivity contribution is -0.147. The Balaban J connectivity index is 2.10. The topological polar surface area (TPSA) is 55.1 Å². The number of para-hydroxylation sites is 2. The van der Waals surface area contributed by atoms with Crippen LogP contribution in [0.1, 0.15) is 32.5 Å². The molecule has 4 nitrogen and oxygen atoms in total. The molecular weight excluding hydrogens is 240 g/mol. The number of aliphatic carboxylic acids is 1. The molecule has 2 aromatic rings. The summed E-state index contributed by atoms with van der Waals surface area (Å²) in [4.78, 5) is 15.6. The van der Waals surface area contributed by atoms with Crippen molar-refractivity contribution in [1.29, 1.82) is 0 Å². The minimum Gasteiger partial charge on any atom is -0.481 e. The van der Waals surface area contributed by atoms with Gasteiger partial charge in [-0.1, -0.05) is 12.1 Å². The summed E-state index contributed by atoms with van der Waals surface area (Å²) in [5, 5.41) is 9.11. The van der Waals surface area contributed by atoms with Gasteiger partial charge in [-0.25, -0.2) is 4.98 Å². The summed E-state index contributed by atoms with van der Waals surface area (Å²) >= 11 is 0. The highest BCUT2D eigenvalue weighted by Gasteiger charge is 2.26. The standard InChI is InChI=1S/C15H20N2O2/c1-11-16-12-7-4-5-8-13(12)17(11)10-6-9-15(2,3)14(18)19/h4-5,7-8H,6,9-10H2,1-3H3,(H,18,19). The SMILES string of the molecule is Cc1nc2ccccc2n1CCCC(C)(C)C(=O)O. The summed E-state index contributed by atoms with van der Waals surface area (Å²) in [6.45, 7) is 6.34. The number of carboxylic acid groups (broad SMARTS) is 1. The van der Waals surface area contributed by atoms with Crippen molar-refractivity contribution in [2.75, 3.05) is 0 Å². The maximum Gasteiger partial charge on any atom is 0.309 e. The van der Waals surface area contributed by atoms with E-state index in [1.165, 1.54) is 0 Å². The van der Waals surface area contributed by atoms with E-state index in [4.69, 9.17) is 5.11 Å². The number of nitrogens with zero attached hydrogens (tertiary/aromatic N) is 2. The van der Waals surface area contributed by atoms with Gasteiger partial charge in [0.1, 0.15) is 5.82 Å². The maximum absolute atomic E-state index is 11.1. The highest BCUT2D eigenvalue weighted by Crippen LogP contribution is 2.24. The van der Waals surface area contributed by atoms with Crippen LogP contribution in [0.25, 0.3) is 11.0 Å². The quantitative estimate of drug-likeness (QED) is 0.898. The Morgan fingerprint density at radius 2 is 2.05 bits per heavy atom. The van der Waals surface area contributed by atoms with Crippen molar-refractivity contribution in [1.82, 2.24) is 9.55 Å². The molecule has 0 amide bonds. The van der Waals surface area contributed by atoms with Crippen LogP contribution >= 0.6 is 0 Å². The fourth-order valence-electron chi connectivity index (χ4n) is 2.26. The molecule has 0 aliphatic heterocycles. The van der Waals surface area contributed by atoms with Crippen molar-refractivity contribution >= 4 is 17.0 Å². The fraction of sp³-hybridized carbons (Fsp3) is 0.467. The Hall–Kier alpha value is -1.84. The number of benzene rings is 1. The van der Waals surface area contributed by atoms with Gasteiger partial charge in [0, 0.05) is 6.54 Å². The molecule has 0 saturated carbocycles. The second kappa shape index (κ2) is 5.03. The summed E-state index contributed by atoms with van der Waals surface area (Å²) in [6.07, 6.45) is 1.49. The number of hydrogen-bond acceptors (Lipinski definition) is 2. The van der Waals surface area contributed by atoms with Crippen LogP contribution in [0, 0.1) is 12.3 Å². The molecule has 4 heteroatoms. The molecule has 0 saturated heterocycles. The summed E-state index contributed by atoms with van der Waals surface area (Å²) in [5.41, 5.74) is 1.45. The predicted molar refractivity (Wildman–Crippen MR) is 75.1 cm³/mol. The number of hydrogen-bond donors (Lipinski definition) is 1. The Morgan fingerprint density at radius 1 is 1.37 bits per heavy atom. The highest BCUT2D eigenvalue weighted by atomic mass is 16.4. The van der Waals surface area contributed by atoms with Gasteiger partial charge < -0.3 is 9.67 Å².